The van der Waals surface area contributed by atoms with E-state index in [-0.39, 0.29) is 17.9 Å². The van der Waals surface area contributed by atoms with Crippen LogP contribution in [-0.2, 0) is 24.8 Å². The van der Waals surface area contributed by atoms with Crippen LogP contribution in [0.2, 0.25) is 0 Å². The van der Waals surface area contributed by atoms with Crippen LogP contribution in [0.25, 0.3) is 0 Å². The molecule has 0 aromatic carbocycles. The number of alkyl carbamates (subject to hydrolysis) is 1. The van der Waals surface area contributed by atoms with E-state index >= 15 is 0 Å². The van der Waals surface area contributed by atoms with Crippen molar-refractivity contribution in [2.24, 2.45) is 7.05 Å². The SMILES string of the molecule is Cn1cc(C(=O)NCc2ncccc2F)nc1CCNC(=O)OC(C)(C)C. The number of nitrogens with zero attached hydrogens (tertiary/aromatic N) is 3. The van der Waals surface area contributed by atoms with Crippen LogP contribution < -0.4 is 10.6 Å². The molecule has 27 heavy (non-hydrogen) atoms. The number of hydrogen-bond acceptors (Lipinski definition) is 5. The summed E-state index contributed by atoms with van der Waals surface area (Å²) in [5.41, 5.74) is -0.198. The molecule has 2 N–H and O–H groups in total. The van der Waals surface area contributed by atoms with Crippen molar-refractivity contribution in [3.05, 3.63) is 47.6 Å². The van der Waals surface area contributed by atoms with Crippen molar-refractivity contribution in [2.75, 3.05) is 6.54 Å². The topological polar surface area (TPSA) is 98.1 Å². The predicted octanol–water partition coefficient (Wildman–Crippen LogP) is 1.95. The number of aryl methyl sites for hydroxylation is 1. The number of pyridine rings is 1. The first-order valence-corrected chi connectivity index (χ1v) is 8.52. The summed E-state index contributed by atoms with van der Waals surface area (Å²) in [7, 11) is 1.75. The third-order valence-corrected chi connectivity index (χ3v) is 3.47. The Labute approximate surface area is 157 Å². The molecular weight excluding hydrogens is 353 g/mol. The molecule has 0 atom stereocenters. The Morgan fingerprint density at radius 2 is 2.04 bits per heavy atom. The van der Waals surface area contributed by atoms with Gasteiger partial charge in [-0.2, -0.15) is 0 Å². The average Bonchev–Trinajstić information content (AvgIpc) is 2.93. The van der Waals surface area contributed by atoms with Gasteiger partial charge in [0.15, 0.2) is 0 Å². The van der Waals surface area contributed by atoms with Crippen LogP contribution in [0.4, 0.5) is 9.18 Å². The van der Waals surface area contributed by atoms with E-state index < -0.39 is 23.4 Å². The first-order valence-electron chi connectivity index (χ1n) is 8.52. The van der Waals surface area contributed by atoms with E-state index in [1.165, 1.54) is 18.3 Å². The fourth-order valence-electron chi connectivity index (χ4n) is 2.24. The van der Waals surface area contributed by atoms with Gasteiger partial charge in [0.2, 0.25) is 0 Å². The van der Waals surface area contributed by atoms with Crippen molar-refractivity contribution in [2.45, 2.75) is 39.3 Å². The maximum Gasteiger partial charge on any atom is 0.407 e. The van der Waals surface area contributed by atoms with Gasteiger partial charge in [0.25, 0.3) is 5.91 Å². The minimum atomic E-state index is -0.564. The molecule has 0 saturated carbocycles. The van der Waals surface area contributed by atoms with E-state index in [9.17, 15) is 14.0 Å². The molecule has 0 aliphatic heterocycles. The van der Waals surface area contributed by atoms with Crippen LogP contribution in [0.3, 0.4) is 0 Å². The second-order valence-electron chi connectivity index (χ2n) is 6.95. The summed E-state index contributed by atoms with van der Waals surface area (Å²) in [5.74, 6) is -0.282. The second-order valence-corrected chi connectivity index (χ2v) is 6.95. The molecular formula is C18H24FN5O3. The molecule has 0 radical (unpaired) electrons. The molecule has 0 unspecified atom stereocenters. The summed E-state index contributed by atoms with van der Waals surface area (Å²) in [5, 5.41) is 5.23. The summed E-state index contributed by atoms with van der Waals surface area (Å²) in [4.78, 5) is 32.0. The Bertz CT molecular complexity index is 814. The first kappa shape index (κ1) is 20.3. The lowest BCUT2D eigenvalue weighted by Crippen LogP contribution is -2.33. The van der Waals surface area contributed by atoms with Crippen LogP contribution in [0.15, 0.2) is 24.5 Å². The highest BCUT2D eigenvalue weighted by Crippen LogP contribution is 2.07. The number of aromatic nitrogens is 3. The summed E-state index contributed by atoms with van der Waals surface area (Å²) in [6, 6.07) is 2.77. The minimum Gasteiger partial charge on any atom is -0.444 e. The highest BCUT2D eigenvalue weighted by Gasteiger charge is 2.17. The number of amides is 2. The summed E-state index contributed by atoms with van der Waals surface area (Å²) in [6.45, 7) is 5.64. The number of ether oxygens (including phenoxy) is 1. The monoisotopic (exact) mass is 377 g/mol. The van der Waals surface area contributed by atoms with Crippen molar-refractivity contribution in [1.29, 1.82) is 0 Å². The number of nitrogens with one attached hydrogen (secondary N) is 2. The maximum absolute atomic E-state index is 13.5. The number of hydrogen-bond donors (Lipinski definition) is 2. The van der Waals surface area contributed by atoms with E-state index in [1.54, 1.807) is 38.6 Å². The highest BCUT2D eigenvalue weighted by molar-refractivity contribution is 5.92. The van der Waals surface area contributed by atoms with Gasteiger partial charge in [-0.25, -0.2) is 14.2 Å². The lowest BCUT2D eigenvalue weighted by Gasteiger charge is -2.19. The van der Waals surface area contributed by atoms with Crippen LogP contribution >= 0.6 is 0 Å². The molecule has 2 rings (SSSR count). The van der Waals surface area contributed by atoms with Gasteiger partial charge in [-0.1, -0.05) is 0 Å². The highest BCUT2D eigenvalue weighted by atomic mass is 19.1. The number of halogens is 1. The normalized spacial score (nSPS) is 11.1. The average molecular weight is 377 g/mol. The predicted molar refractivity (Wildman–Crippen MR) is 96.5 cm³/mol. The van der Waals surface area contributed by atoms with Crippen molar-refractivity contribution in [1.82, 2.24) is 25.2 Å². The van der Waals surface area contributed by atoms with Crippen LogP contribution in [0.5, 0.6) is 0 Å². The van der Waals surface area contributed by atoms with Crippen molar-refractivity contribution in [3.8, 4) is 0 Å². The van der Waals surface area contributed by atoms with Crippen LogP contribution in [0, 0.1) is 5.82 Å². The minimum absolute atomic E-state index is 0.0301. The van der Waals surface area contributed by atoms with Gasteiger partial charge in [0.1, 0.15) is 22.9 Å². The lowest BCUT2D eigenvalue weighted by molar-refractivity contribution is 0.0528. The van der Waals surface area contributed by atoms with Gasteiger partial charge in [-0.05, 0) is 32.9 Å². The number of rotatable bonds is 6. The summed E-state index contributed by atoms with van der Waals surface area (Å²) < 4.78 is 20.4. The molecule has 0 aliphatic carbocycles. The summed E-state index contributed by atoms with van der Waals surface area (Å²) >= 11 is 0. The molecule has 8 nitrogen and oxygen atoms in total. The largest absolute Gasteiger partial charge is 0.444 e. The fourth-order valence-corrected chi connectivity index (χ4v) is 2.24. The van der Waals surface area contributed by atoms with Crippen molar-refractivity contribution >= 4 is 12.0 Å². The van der Waals surface area contributed by atoms with E-state index in [0.717, 1.165) is 0 Å². The molecule has 2 heterocycles. The standard InChI is InChI=1S/C18H24FN5O3/c1-18(2,3)27-17(26)21-9-7-15-23-14(11-24(15)4)16(25)22-10-13-12(19)6-5-8-20-13/h5-6,8,11H,7,9-10H2,1-4H3,(H,21,26)(H,22,25). The lowest BCUT2D eigenvalue weighted by atomic mass is 10.2. The number of imidazole rings is 1. The maximum atomic E-state index is 13.5. The number of carbonyl (C=O) groups excluding carboxylic acids is 2. The molecule has 2 aromatic heterocycles. The molecule has 0 bridgehead atoms. The quantitative estimate of drug-likeness (QED) is 0.802. The fraction of sp³-hybridized carbons (Fsp3) is 0.444. The zero-order valence-electron chi connectivity index (χ0n) is 15.9. The van der Waals surface area contributed by atoms with Gasteiger partial charge in [0.05, 0.1) is 12.2 Å². The third-order valence-electron chi connectivity index (χ3n) is 3.47. The van der Waals surface area contributed by atoms with Gasteiger partial charge in [-0.15, -0.1) is 0 Å². The third kappa shape index (κ3) is 6.36. The van der Waals surface area contributed by atoms with Crippen molar-refractivity contribution in [3.63, 3.8) is 0 Å². The van der Waals surface area contributed by atoms with E-state index in [0.29, 0.717) is 18.8 Å². The van der Waals surface area contributed by atoms with Gasteiger partial charge < -0.3 is 19.9 Å². The smallest absolute Gasteiger partial charge is 0.407 e. The van der Waals surface area contributed by atoms with Gasteiger partial charge >= 0.3 is 6.09 Å². The Morgan fingerprint density at radius 1 is 1.30 bits per heavy atom. The summed E-state index contributed by atoms with van der Waals surface area (Å²) in [6.07, 6.45) is 2.96. The molecule has 0 saturated heterocycles. The Morgan fingerprint density at radius 3 is 2.70 bits per heavy atom. The van der Waals surface area contributed by atoms with Crippen LogP contribution in [-0.4, -0.2) is 38.7 Å². The molecule has 2 aromatic rings. The number of carbonyl (C=O) groups is 2. The van der Waals surface area contributed by atoms with E-state index in [1.807, 2.05) is 0 Å². The zero-order valence-corrected chi connectivity index (χ0v) is 15.9. The molecule has 0 fully saturated rings. The Hall–Kier alpha value is -2.97. The molecule has 146 valence electrons. The Kier molecular flexibility index (Phi) is 6.49. The van der Waals surface area contributed by atoms with Gasteiger partial charge in [0, 0.05) is 32.4 Å². The first-order chi connectivity index (χ1) is 12.7. The zero-order chi connectivity index (χ0) is 20.0. The van der Waals surface area contributed by atoms with E-state index in [4.69, 9.17) is 4.74 Å². The van der Waals surface area contributed by atoms with Crippen molar-refractivity contribution < 1.29 is 18.7 Å². The Balaban J connectivity index is 1.87. The molecule has 0 spiro atoms. The molecule has 2 amide bonds. The van der Waals surface area contributed by atoms with Gasteiger partial charge in [-0.3, -0.25) is 9.78 Å². The second kappa shape index (κ2) is 8.61. The van der Waals surface area contributed by atoms with E-state index in [2.05, 4.69) is 20.6 Å². The molecule has 9 heteroatoms. The van der Waals surface area contributed by atoms with Crippen LogP contribution in [0.1, 0.15) is 42.8 Å². The molecule has 0 aliphatic rings.